The molecule has 0 saturated heterocycles. The van der Waals surface area contributed by atoms with E-state index in [0.717, 1.165) is 12.1 Å². The molecule has 0 aliphatic heterocycles. The van der Waals surface area contributed by atoms with Gasteiger partial charge in [-0.05, 0) is 12.1 Å². The van der Waals surface area contributed by atoms with Crippen LogP contribution in [0, 0.1) is 15.9 Å². The molecule has 0 N–H and O–H groups in total. The number of hydrogen-bond acceptors (Lipinski definition) is 5. The van der Waals surface area contributed by atoms with Gasteiger partial charge in [-0.25, -0.2) is 9.37 Å². The van der Waals surface area contributed by atoms with Gasteiger partial charge in [-0.15, -0.1) is 0 Å². The van der Waals surface area contributed by atoms with Crippen LogP contribution in [0.5, 0.6) is 5.75 Å². The van der Waals surface area contributed by atoms with Crippen LogP contribution in [0.1, 0.15) is 5.69 Å². The molecule has 6 nitrogen and oxygen atoms in total. The summed E-state index contributed by atoms with van der Waals surface area (Å²) in [5.41, 5.74) is 0.00458. The van der Waals surface area contributed by atoms with Crippen molar-refractivity contribution in [3.8, 4) is 5.75 Å². The molecule has 0 aliphatic carbocycles. The molecule has 2 aromatic rings. The number of benzene rings is 1. The van der Waals surface area contributed by atoms with Crippen molar-refractivity contribution in [1.29, 1.82) is 0 Å². The van der Waals surface area contributed by atoms with E-state index in [0.29, 0.717) is 5.69 Å². The summed E-state index contributed by atoms with van der Waals surface area (Å²) >= 11 is 5.57. The Kier molecular flexibility index (Phi) is 3.86. The Bertz CT molecular complexity index is 607. The normalized spacial score (nSPS) is 10.2. The number of nitro groups is 1. The van der Waals surface area contributed by atoms with Crippen LogP contribution in [0.15, 0.2) is 30.6 Å². The minimum atomic E-state index is -0.716. The van der Waals surface area contributed by atoms with Crippen LogP contribution in [0.25, 0.3) is 0 Å². The highest BCUT2D eigenvalue weighted by Crippen LogP contribution is 2.27. The smallest absolute Gasteiger partial charge is 0.313 e. The molecule has 19 heavy (non-hydrogen) atoms. The Labute approximate surface area is 112 Å². The largest absolute Gasteiger partial charge is 0.480 e. The molecule has 2 rings (SSSR count). The minimum absolute atomic E-state index is 0.0311. The second kappa shape index (κ2) is 5.57. The third-order valence-corrected chi connectivity index (χ3v) is 2.36. The molecule has 0 amide bonds. The zero-order chi connectivity index (χ0) is 13.8. The van der Waals surface area contributed by atoms with Crippen LogP contribution in [0.4, 0.5) is 10.1 Å². The summed E-state index contributed by atoms with van der Waals surface area (Å²) in [5, 5.41) is 11.0. The fraction of sp³-hybridized carbons (Fsp3) is 0.0909. The highest BCUT2D eigenvalue weighted by molar-refractivity contribution is 6.29. The van der Waals surface area contributed by atoms with Crippen molar-refractivity contribution in [3.05, 3.63) is 57.4 Å². The first kappa shape index (κ1) is 13.2. The predicted molar refractivity (Wildman–Crippen MR) is 64.4 cm³/mol. The molecule has 0 saturated carbocycles. The fourth-order valence-electron chi connectivity index (χ4n) is 1.32. The molecule has 0 atom stereocenters. The van der Waals surface area contributed by atoms with E-state index in [9.17, 15) is 14.5 Å². The van der Waals surface area contributed by atoms with Gasteiger partial charge >= 0.3 is 5.69 Å². The van der Waals surface area contributed by atoms with Crippen molar-refractivity contribution in [1.82, 2.24) is 9.97 Å². The van der Waals surface area contributed by atoms with Crippen LogP contribution < -0.4 is 4.74 Å². The summed E-state index contributed by atoms with van der Waals surface area (Å²) in [6.07, 6.45) is 2.72. The van der Waals surface area contributed by atoms with Gasteiger partial charge < -0.3 is 4.74 Å². The number of rotatable bonds is 4. The van der Waals surface area contributed by atoms with E-state index in [4.69, 9.17) is 16.3 Å². The number of nitrogens with zero attached hydrogens (tertiary/aromatic N) is 3. The Morgan fingerprint density at radius 2 is 2.16 bits per heavy atom. The maximum absolute atomic E-state index is 12.9. The van der Waals surface area contributed by atoms with Gasteiger partial charge in [0.2, 0.25) is 0 Å². The van der Waals surface area contributed by atoms with Gasteiger partial charge in [-0.2, -0.15) is 0 Å². The van der Waals surface area contributed by atoms with Gasteiger partial charge in [-0.1, -0.05) is 11.6 Å². The van der Waals surface area contributed by atoms with Gasteiger partial charge in [0.1, 0.15) is 17.6 Å². The van der Waals surface area contributed by atoms with E-state index < -0.39 is 16.4 Å². The Hall–Kier alpha value is -2.28. The van der Waals surface area contributed by atoms with Crippen molar-refractivity contribution < 1.29 is 14.1 Å². The fourth-order valence-corrected chi connectivity index (χ4v) is 1.42. The first-order valence-electron chi connectivity index (χ1n) is 5.09. The second-order valence-corrected chi connectivity index (χ2v) is 3.88. The average Bonchev–Trinajstić information content (AvgIpc) is 2.39. The summed E-state index contributed by atoms with van der Waals surface area (Å²) in [5.74, 6) is -0.742. The van der Waals surface area contributed by atoms with Crippen molar-refractivity contribution >= 4 is 17.3 Å². The lowest BCUT2D eigenvalue weighted by Gasteiger charge is -2.06. The van der Waals surface area contributed by atoms with Crippen molar-refractivity contribution in [2.45, 2.75) is 6.61 Å². The molecular weight excluding hydrogens is 277 g/mol. The number of hydrogen-bond donors (Lipinski definition) is 0. The topological polar surface area (TPSA) is 78.2 Å². The Morgan fingerprint density at radius 1 is 1.37 bits per heavy atom. The van der Waals surface area contributed by atoms with Crippen LogP contribution in [0.2, 0.25) is 5.15 Å². The van der Waals surface area contributed by atoms with Crippen LogP contribution in [0.3, 0.4) is 0 Å². The first-order valence-corrected chi connectivity index (χ1v) is 5.47. The molecule has 0 unspecified atom stereocenters. The maximum Gasteiger partial charge on any atom is 0.313 e. The molecule has 98 valence electrons. The minimum Gasteiger partial charge on any atom is -0.480 e. The SMILES string of the molecule is O=[N+]([O-])c1cc(F)ccc1OCc1cnc(Cl)cn1. The van der Waals surface area contributed by atoms with Gasteiger partial charge in [0, 0.05) is 0 Å². The van der Waals surface area contributed by atoms with E-state index in [-0.39, 0.29) is 17.5 Å². The predicted octanol–water partition coefficient (Wildman–Crippen LogP) is 2.76. The summed E-state index contributed by atoms with van der Waals surface area (Å²) in [6.45, 7) is -0.0311. The van der Waals surface area contributed by atoms with Gasteiger partial charge in [0.05, 0.1) is 29.1 Å². The lowest BCUT2D eigenvalue weighted by Crippen LogP contribution is -2.01. The van der Waals surface area contributed by atoms with Crippen LogP contribution in [-0.2, 0) is 6.61 Å². The average molecular weight is 284 g/mol. The van der Waals surface area contributed by atoms with E-state index in [2.05, 4.69) is 9.97 Å². The van der Waals surface area contributed by atoms with Gasteiger partial charge in [0.15, 0.2) is 5.75 Å². The highest BCUT2D eigenvalue weighted by Gasteiger charge is 2.16. The lowest BCUT2D eigenvalue weighted by molar-refractivity contribution is -0.386. The third-order valence-electron chi connectivity index (χ3n) is 2.17. The highest BCUT2D eigenvalue weighted by atomic mass is 35.5. The second-order valence-electron chi connectivity index (χ2n) is 3.49. The Morgan fingerprint density at radius 3 is 2.79 bits per heavy atom. The molecule has 1 heterocycles. The molecule has 0 bridgehead atoms. The number of ether oxygens (including phenoxy) is 1. The summed E-state index contributed by atoms with van der Waals surface area (Å²) in [6, 6.07) is 3.07. The zero-order valence-corrected chi connectivity index (χ0v) is 10.2. The molecular formula is C11H7ClFN3O3. The standard InChI is InChI=1S/C11H7ClFN3O3/c12-11-5-14-8(4-15-11)6-19-10-2-1-7(13)3-9(10)16(17)18/h1-5H,6H2. The number of halogens is 2. The summed E-state index contributed by atoms with van der Waals surface area (Å²) < 4.78 is 18.1. The third kappa shape index (κ3) is 3.35. The van der Waals surface area contributed by atoms with E-state index in [1.165, 1.54) is 18.5 Å². The van der Waals surface area contributed by atoms with Gasteiger partial charge in [-0.3, -0.25) is 15.1 Å². The van der Waals surface area contributed by atoms with E-state index >= 15 is 0 Å². The molecule has 1 aromatic heterocycles. The first-order chi connectivity index (χ1) is 9.06. The van der Waals surface area contributed by atoms with E-state index in [1.807, 2.05) is 0 Å². The molecule has 0 fully saturated rings. The van der Waals surface area contributed by atoms with Crippen molar-refractivity contribution in [2.24, 2.45) is 0 Å². The Balaban J connectivity index is 2.15. The zero-order valence-electron chi connectivity index (χ0n) is 9.42. The molecule has 0 aliphatic rings. The van der Waals surface area contributed by atoms with Crippen LogP contribution >= 0.6 is 11.6 Å². The number of nitro benzene ring substituents is 1. The lowest BCUT2D eigenvalue weighted by atomic mass is 10.3. The molecule has 0 spiro atoms. The van der Waals surface area contributed by atoms with Crippen molar-refractivity contribution in [2.75, 3.05) is 0 Å². The van der Waals surface area contributed by atoms with Gasteiger partial charge in [0.25, 0.3) is 0 Å². The molecule has 8 heteroatoms. The van der Waals surface area contributed by atoms with Crippen molar-refractivity contribution in [3.63, 3.8) is 0 Å². The van der Waals surface area contributed by atoms with Crippen LogP contribution in [-0.4, -0.2) is 14.9 Å². The molecule has 1 aromatic carbocycles. The monoisotopic (exact) mass is 283 g/mol. The summed E-state index contributed by atoms with van der Waals surface area (Å²) in [4.78, 5) is 17.7. The summed E-state index contributed by atoms with van der Waals surface area (Å²) in [7, 11) is 0. The molecule has 0 radical (unpaired) electrons. The maximum atomic E-state index is 12.9. The quantitative estimate of drug-likeness (QED) is 0.637. The number of aromatic nitrogens is 2. The van der Waals surface area contributed by atoms with E-state index in [1.54, 1.807) is 0 Å².